The number of hydrogen-bond donors (Lipinski definition) is 0. The standard InChI is InChI=1S/C17H20N2O7/c1-23-16(20)13-7-15-11(6-14(13)19(21)22)9-18-3-2-17(25-4-5-26-17)8-12(18)10-24-15/h6-7,12H,2-5,8-10H2,1H3/t12-/m0/s1. The molecule has 0 N–H and O–H groups in total. The summed E-state index contributed by atoms with van der Waals surface area (Å²) in [5.41, 5.74) is 0.319. The second-order valence-corrected chi connectivity index (χ2v) is 6.72. The molecular weight excluding hydrogens is 344 g/mol. The molecule has 0 amide bonds. The molecule has 9 heteroatoms. The first-order valence-electron chi connectivity index (χ1n) is 8.56. The van der Waals surface area contributed by atoms with Gasteiger partial charge in [0.15, 0.2) is 5.79 Å². The number of hydrogen-bond acceptors (Lipinski definition) is 8. The van der Waals surface area contributed by atoms with E-state index >= 15 is 0 Å². The van der Waals surface area contributed by atoms with Gasteiger partial charge in [0.05, 0.1) is 25.2 Å². The van der Waals surface area contributed by atoms with Gasteiger partial charge in [-0.1, -0.05) is 0 Å². The smallest absolute Gasteiger partial charge is 0.345 e. The number of benzene rings is 1. The van der Waals surface area contributed by atoms with E-state index in [0.29, 0.717) is 44.1 Å². The minimum atomic E-state index is -0.753. The van der Waals surface area contributed by atoms with Crippen LogP contribution in [0.2, 0.25) is 0 Å². The molecule has 26 heavy (non-hydrogen) atoms. The fourth-order valence-corrected chi connectivity index (χ4v) is 3.92. The monoisotopic (exact) mass is 364 g/mol. The van der Waals surface area contributed by atoms with Crippen molar-refractivity contribution >= 4 is 11.7 Å². The molecule has 140 valence electrons. The van der Waals surface area contributed by atoms with Crippen LogP contribution < -0.4 is 4.74 Å². The summed E-state index contributed by atoms with van der Waals surface area (Å²) in [5.74, 6) is -0.811. The summed E-state index contributed by atoms with van der Waals surface area (Å²) in [4.78, 5) is 24.9. The summed E-state index contributed by atoms with van der Waals surface area (Å²) in [7, 11) is 1.19. The third-order valence-electron chi connectivity index (χ3n) is 5.24. The zero-order valence-electron chi connectivity index (χ0n) is 14.4. The summed E-state index contributed by atoms with van der Waals surface area (Å²) >= 11 is 0. The largest absolute Gasteiger partial charge is 0.492 e. The van der Waals surface area contributed by atoms with E-state index in [1.54, 1.807) is 0 Å². The van der Waals surface area contributed by atoms with E-state index < -0.39 is 16.7 Å². The topological polar surface area (TPSA) is 100 Å². The minimum absolute atomic E-state index is 0.0786. The Labute approximate surface area is 149 Å². The molecule has 0 aliphatic carbocycles. The molecule has 9 nitrogen and oxygen atoms in total. The van der Waals surface area contributed by atoms with Crippen LogP contribution >= 0.6 is 0 Å². The first-order chi connectivity index (χ1) is 12.5. The number of nitro groups is 1. The molecule has 1 aromatic carbocycles. The lowest BCUT2D eigenvalue weighted by Gasteiger charge is -2.42. The number of rotatable bonds is 2. The lowest BCUT2D eigenvalue weighted by Crippen LogP contribution is -2.52. The van der Waals surface area contributed by atoms with E-state index in [2.05, 4.69) is 9.64 Å². The van der Waals surface area contributed by atoms with Gasteiger partial charge in [0.2, 0.25) is 0 Å². The van der Waals surface area contributed by atoms with Crippen LogP contribution in [-0.2, 0) is 20.8 Å². The molecule has 1 spiro atoms. The number of carbonyl (C=O) groups excluding carboxylic acids is 1. The van der Waals surface area contributed by atoms with Crippen molar-refractivity contribution in [1.29, 1.82) is 0 Å². The number of ether oxygens (including phenoxy) is 4. The van der Waals surface area contributed by atoms with Crippen molar-refractivity contribution < 1.29 is 28.7 Å². The summed E-state index contributed by atoms with van der Waals surface area (Å²) in [5, 5.41) is 11.4. The molecule has 2 fully saturated rings. The number of esters is 1. The summed E-state index contributed by atoms with van der Waals surface area (Å²) in [6.07, 6.45) is 1.44. The number of nitro benzene ring substituents is 1. The van der Waals surface area contributed by atoms with Crippen LogP contribution in [0.3, 0.4) is 0 Å². The minimum Gasteiger partial charge on any atom is -0.492 e. The molecule has 2 saturated heterocycles. The Kier molecular flexibility index (Phi) is 4.29. The molecular formula is C17H20N2O7. The van der Waals surface area contributed by atoms with Crippen LogP contribution in [0.1, 0.15) is 28.8 Å². The van der Waals surface area contributed by atoms with Gasteiger partial charge in [0.1, 0.15) is 17.9 Å². The van der Waals surface area contributed by atoms with Gasteiger partial charge < -0.3 is 18.9 Å². The SMILES string of the molecule is COC(=O)c1cc2c(cc1[N+](=O)[O-])CN1CCC3(C[C@H]1CO2)OCCO3. The van der Waals surface area contributed by atoms with Crippen molar-refractivity contribution in [3.8, 4) is 5.75 Å². The Morgan fingerprint density at radius 1 is 1.38 bits per heavy atom. The van der Waals surface area contributed by atoms with Crippen LogP contribution in [0.5, 0.6) is 5.75 Å². The van der Waals surface area contributed by atoms with E-state index in [1.165, 1.54) is 19.2 Å². The Balaban J connectivity index is 1.63. The van der Waals surface area contributed by atoms with Gasteiger partial charge in [0.25, 0.3) is 5.69 Å². The summed E-state index contributed by atoms with van der Waals surface area (Å²) in [6.45, 7) is 2.86. The van der Waals surface area contributed by atoms with Gasteiger partial charge in [0, 0.05) is 49.7 Å². The predicted molar refractivity (Wildman–Crippen MR) is 88.0 cm³/mol. The van der Waals surface area contributed by atoms with E-state index in [1.807, 2.05) is 0 Å². The van der Waals surface area contributed by atoms with Gasteiger partial charge in [-0.05, 0) is 0 Å². The zero-order valence-corrected chi connectivity index (χ0v) is 14.4. The molecule has 0 bridgehead atoms. The number of nitrogens with zero attached hydrogens (tertiary/aromatic N) is 2. The van der Waals surface area contributed by atoms with Crippen molar-refractivity contribution in [2.24, 2.45) is 0 Å². The van der Waals surface area contributed by atoms with Crippen LogP contribution in [-0.4, -0.2) is 61.1 Å². The maximum absolute atomic E-state index is 11.9. The molecule has 1 aromatic rings. The zero-order chi connectivity index (χ0) is 18.3. The lowest BCUT2D eigenvalue weighted by atomic mass is 9.96. The Hall–Kier alpha value is -2.23. The fraction of sp³-hybridized carbons (Fsp3) is 0.588. The van der Waals surface area contributed by atoms with Crippen LogP contribution in [0, 0.1) is 10.1 Å². The van der Waals surface area contributed by atoms with Gasteiger partial charge in [-0.2, -0.15) is 0 Å². The third kappa shape index (κ3) is 2.91. The second kappa shape index (κ2) is 6.49. The first kappa shape index (κ1) is 17.2. The van der Waals surface area contributed by atoms with Gasteiger partial charge in [-0.3, -0.25) is 15.0 Å². The van der Waals surface area contributed by atoms with E-state index in [4.69, 9.17) is 14.2 Å². The van der Waals surface area contributed by atoms with Gasteiger partial charge in [-0.15, -0.1) is 0 Å². The maximum atomic E-state index is 11.9. The highest BCUT2D eigenvalue weighted by atomic mass is 16.7. The van der Waals surface area contributed by atoms with Crippen molar-refractivity contribution in [3.63, 3.8) is 0 Å². The second-order valence-electron chi connectivity index (χ2n) is 6.72. The number of methoxy groups -OCH3 is 1. The van der Waals surface area contributed by atoms with Crippen LogP contribution in [0.25, 0.3) is 0 Å². The van der Waals surface area contributed by atoms with Crippen molar-refractivity contribution in [2.75, 3.05) is 33.5 Å². The van der Waals surface area contributed by atoms with E-state index in [-0.39, 0.29) is 17.3 Å². The molecule has 0 radical (unpaired) electrons. The quantitative estimate of drug-likeness (QED) is 0.442. The van der Waals surface area contributed by atoms with Crippen molar-refractivity contribution in [1.82, 2.24) is 4.90 Å². The van der Waals surface area contributed by atoms with E-state index in [0.717, 1.165) is 13.0 Å². The van der Waals surface area contributed by atoms with E-state index in [9.17, 15) is 14.9 Å². The molecule has 0 aromatic heterocycles. The molecule has 4 rings (SSSR count). The van der Waals surface area contributed by atoms with Crippen LogP contribution in [0.15, 0.2) is 12.1 Å². The average Bonchev–Trinajstić information content (AvgIpc) is 3.01. The number of fused-ring (bicyclic) bond motifs is 2. The molecule has 1 atom stereocenters. The highest BCUT2D eigenvalue weighted by molar-refractivity contribution is 5.94. The third-order valence-corrected chi connectivity index (χ3v) is 5.24. The molecule has 3 aliphatic heterocycles. The Morgan fingerprint density at radius 2 is 2.15 bits per heavy atom. The normalized spacial score (nSPS) is 24.3. The molecule has 0 saturated carbocycles. The molecule has 3 aliphatic rings. The molecule has 0 unspecified atom stereocenters. The van der Waals surface area contributed by atoms with Crippen LogP contribution in [0.4, 0.5) is 5.69 Å². The van der Waals surface area contributed by atoms with Gasteiger partial charge >= 0.3 is 5.97 Å². The van der Waals surface area contributed by atoms with Gasteiger partial charge in [-0.25, -0.2) is 4.79 Å². The molecule has 3 heterocycles. The Bertz CT molecular complexity index is 745. The summed E-state index contributed by atoms with van der Waals surface area (Å²) in [6, 6.07) is 2.90. The number of piperidine rings is 1. The fourth-order valence-electron chi connectivity index (χ4n) is 3.92. The summed E-state index contributed by atoms with van der Waals surface area (Å²) < 4.78 is 22.2. The van der Waals surface area contributed by atoms with Crippen molar-refractivity contribution in [3.05, 3.63) is 33.4 Å². The first-order valence-corrected chi connectivity index (χ1v) is 8.56. The number of carbonyl (C=O) groups is 1. The highest BCUT2D eigenvalue weighted by Gasteiger charge is 2.45. The maximum Gasteiger partial charge on any atom is 0.345 e. The average molecular weight is 364 g/mol. The highest BCUT2D eigenvalue weighted by Crippen LogP contribution is 2.39. The Morgan fingerprint density at radius 3 is 2.85 bits per heavy atom. The van der Waals surface area contributed by atoms with Crippen molar-refractivity contribution in [2.45, 2.75) is 31.2 Å². The lowest BCUT2D eigenvalue weighted by molar-refractivity contribution is -0.385. The predicted octanol–water partition coefficient (Wildman–Crippen LogP) is 1.48.